The number of aryl methyl sites for hydroxylation is 1. The largest absolute Gasteiger partial charge is 0.493 e. The fraction of sp³-hybridized carbons (Fsp3) is 0.375. The van der Waals surface area contributed by atoms with Crippen LogP contribution in [0.3, 0.4) is 0 Å². The Morgan fingerprint density at radius 2 is 2.00 bits per heavy atom. The molecule has 1 heterocycles. The summed E-state index contributed by atoms with van der Waals surface area (Å²) in [4.78, 5) is 22.8. The van der Waals surface area contributed by atoms with E-state index in [1.54, 1.807) is 34.3 Å². The maximum Gasteiger partial charge on any atom is 0.322 e. The van der Waals surface area contributed by atoms with Crippen molar-refractivity contribution in [1.29, 1.82) is 0 Å². The van der Waals surface area contributed by atoms with Gasteiger partial charge in [-0.25, -0.2) is 0 Å². The molecule has 2 aromatic rings. The van der Waals surface area contributed by atoms with Crippen LogP contribution in [0.5, 0.6) is 11.5 Å². The zero-order valence-corrected chi connectivity index (χ0v) is 14.5. The average Bonchev–Trinajstić information content (AvgIpc) is 2.90. The van der Waals surface area contributed by atoms with E-state index in [2.05, 4.69) is 10.4 Å². The molecule has 0 aliphatic carbocycles. The van der Waals surface area contributed by atoms with E-state index in [1.807, 2.05) is 12.1 Å². The number of amides is 1. The Kier molecular flexibility index (Phi) is 5.58. The Balaban J connectivity index is 2.04. The molecule has 0 atom stereocenters. The van der Waals surface area contributed by atoms with Crippen LogP contribution in [0, 0.1) is 17.0 Å². The van der Waals surface area contributed by atoms with Crippen molar-refractivity contribution in [2.75, 3.05) is 20.8 Å². The van der Waals surface area contributed by atoms with Gasteiger partial charge in [-0.1, -0.05) is 6.07 Å². The van der Waals surface area contributed by atoms with Gasteiger partial charge in [-0.15, -0.1) is 0 Å². The fourth-order valence-electron chi connectivity index (χ4n) is 2.41. The van der Waals surface area contributed by atoms with E-state index in [4.69, 9.17) is 9.47 Å². The molecule has 0 spiro atoms. The first-order valence-electron chi connectivity index (χ1n) is 7.56. The summed E-state index contributed by atoms with van der Waals surface area (Å²) in [6, 6.07) is 5.46. The van der Waals surface area contributed by atoms with E-state index < -0.39 is 10.8 Å². The molecule has 1 N–H and O–H groups in total. The first-order chi connectivity index (χ1) is 11.9. The Hall–Kier alpha value is -3.10. The van der Waals surface area contributed by atoms with Gasteiger partial charge in [0.15, 0.2) is 11.5 Å². The van der Waals surface area contributed by atoms with Crippen LogP contribution in [0.15, 0.2) is 18.2 Å². The number of ether oxygens (including phenoxy) is 2. The molecule has 0 unspecified atom stereocenters. The fourth-order valence-corrected chi connectivity index (χ4v) is 2.41. The third kappa shape index (κ3) is 3.87. The summed E-state index contributed by atoms with van der Waals surface area (Å²) >= 11 is 0. The summed E-state index contributed by atoms with van der Waals surface area (Å²) in [7, 11) is 4.66. The minimum Gasteiger partial charge on any atom is -0.493 e. The summed E-state index contributed by atoms with van der Waals surface area (Å²) in [6.45, 7) is 1.85. The Labute approximate surface area is 144 Å². The number of aromatic nitrogens is 2. The van der Waals surface area contributed by atoms with Gasteiger partial charge in [0.1, 0.15) is 5.69 Å². The molecule has 1 amide bonds. The first-order valence-corrected chi connectivity index (χ1v) is 7.56. The molecular formula is C16H20N4O5. The van der Waals surface area contributed by atoms with Crippen LogP contribution in [-0.2, 0) is 13.5 Å². The Morgan fingerprint density at radius 3 is 2.60 bits per heavy atom. The van der Waals surface area contributed by atoms with Crippen molar-refractivity contribution in [1.82, 2.24) is 15.1 Å². The molecule has 25 heavy (non-hydrogen) atoms. The first kappa shape index (κ1) is 18.2. The van der Waals surface area contributed by atoms with Crippen molar-refractivity contribution in [2.45, 2.75) is 13.3 Å². The lowest BCUT2D eigenvalue weighted by atomic mass is 10.1. The van der Waals surface area contributed by atoms with Crippen molar-refractivity contribution >= 4 is 11.6 Å². The number of nitro groups is 1. The summed E-state index contributed by atoms with van der Waals surface area (Å²) in [5.74, 6) is 0.646. The molecule has 0 aliphatic rings. The lowest BCUT2D eigenvalue weighted by molar-refractivity contribution is -0.385. The van der Waals surface area contributed by atoms with E-state index in [-0.39, 0.29) is 11.4 Å². The van der Waals surface area contributed by atoms with Gasteiger partial charge in [0.05, 0.1) is 19.1 Å². The number of carbonyl (C=O) groups excluding carboxylic acids is 1. The van der Waals surface area contributed by atoms with Crippen LogP contribution in [0.4, 0.5) is 5.69 Å². The highest BCUT2D eigenvalue weighted by Gasteiger charge is 2.28. The Morgan fingerprint density at radius 1 is 1.32 bits per heavy atom. The summed E-state index contributed by atoms with van der Waals surface area (Å²) in [6.07, 6.45) is 0.533. The van der Waals surface area contributed by atoms with Gasteiger partial charge in [-0.3, -0.25) is 19.6 Å². The van der Waals surface area contributed by atoms with E-state index >= 15 is 0 Å². The Bertz CT molecular complexity index is 800. The van der Waals surface area contributed by atoms with Gasteiger partial charge in [0.25, 0.3) is 5.91 Å². The van der Waals surface area contributed by atoms with Crippen molar-refractivity contribution in [2.24, 2.45) is 7.05 Å². The molecule has 0 fully saturated rings. The summed E-state index contributed by atoms with van der Waals surface area (Å²) in [5.41, 5.74) is 0.808. The third-order valence-corrected chi connectivity index (χ3v) is 3.85. The highest BCUT2D eigenvalue weighted by Crippen LogP contribution is 2.27. The lowest BCUT2D eigenvalue weighted by Gasteiger charge is -2.09. The second kappa shape index (κ2) is 7.65. The molecule has 1 aromatic carbocycles. The van der Waals surface area contributed by atoms with Crippen LogP contribution in [0.2, 0.25) is 0 Å². The summed E-state index contributed by atoms with van der Waals surface area (Å²) < 4.78 is 11.7. The molecule has 0 bridgehead atoms. The van der Waals surface area contributed by atoms with Crippen molar-refractivity contribution < 1.29 is 19.2 Å². The number of benzene rings is 1. The molecule has 0 radical (unpaired) electrons. The van der Waals surface area contributed by atoms with Crippen molar-refractivity contribution in [3.63, 3.8) is 0 Å². The van der Waals surface area contributed by atoms with Crippen LogP contribution < -0.4 is 14.8 Å². The van der Waals surface area contributed by atoms with Crippen LogP contribution in [0.1, 0.15) is 21.7 Å². The minimum absolute atomic E-state index is 0.183. The topological polar surface area (TPSA) is 109 Å². The third-order valence-electron chi connectivity index (χ3n) is 3.85. The molecule has 0 aliphatic heterocycles. The van der Waals surface area contributed by atoms with Gasteiger partial charge in [0, 0.05) is 13.6 Å². The maximum absolute atomic E-state index is 12.2. The zero-order valence-electron chi connectivity index (χ0n) is 14.5. The number of hydrogen-bond donors (Lipinski definition) is 1. The van der Waals surface area contributed by atoms with Crippen molar-refractivity contribution in [3.05, 3.63) is 45.3 Å². The van der Waals surface area contributed by atoms with Gasteiger partial charge >= 0.3 is 5.69 Å². The average molecular weight is 348 g/mol. The predicted octanol–water partition coefficient (Wildman–Crippen LogP) is 1.63. The monoisotopic (exact) mass is 348 g/mol. The molecule has 2 rings (SSSR count). The highest BCUT2D eigenvalue weighted by atomic mass is 16.6. The standard InChI is InChI=1S/C16H20N4O5/c1-10-15(20(22)23)14(18-19(10)2)16(21)17-8-7-11-5-6-12(24-3)13(9-11)25-4/h5-6,9H,7-8H2,1-4H3,(H,17,21). The van der Waals surface area contributed by atoms with Crippen LogP contribution in [-0.4, -0.2) is 41.4 Å². The van der Waals surface area contributed by atoms with E-state index in [9.17, 15) is 14.9 Å². The molecular weight excluding hydrogens is 328 g/mol. The molecule has 0 saturated carbocycles. The molecule has 9 nitrogen and oxygen atoms in total. The normalized spacial score (nSPS) is 10.4. The van der Waals surface area contributed by atoms with Crippen LogP contribution in [0.25, 0.3) is 0 Å². The van der Waals surface area contributed by atoms with Crippen molar-refractivity contribution in [3.8, 4) is 11.5 Å². The lowest BCUT2D eigenvalue weighted by Crippen LogP contribution is -2.26. The zero-order chi connectivity index (χ0) is 18.6. The van der Waals surface area contributed by atoms with E-state index in [0.717, 1.165) is 5.56 Å². The number of rotatable bonds is 7. The van der Waals surface area contributed by atoms with E-state index in [1.165, 1.54) is 4.68 Å². The van der Waals surface area contributed by atoms with Gasteiger partial charge in [0.2, 0.25) is 5.69 Å². The highest BCUT2D eigenvalue weighted by molar-refractivity contribution is 5.96. The van der Waals surface area contributed by atoms with Gasteiger partial charge in [-0.2, -0.15) is 5.10 Å². The minimum atomic E-state index is -0.592. The number of carbonyl (C=O) groups is 1. The summed E-state index contributed by atoms with van der Waals surface area (Å²) in [5, 5.41) is 17.7. The second-order valence-corrected chi connectivity index (χ2v) is 5.36. The number of hydrogen-bond acceptors (Lipinski definition) is 6. The number of nitrogens with zero attached hydrogens (tertiary/aromatic N) is 3. The van der Waals surface area contributed by atoms with Crippen LogP contribution >= 0.6 is 0 Å². The predicted molar refractivity (Wildman–Crippen MR) is 90.2 cm³/mol. The molecule has 1 aromatic heterocycles. The molecule has 134 valence electrons. The maximum atomic E-state index is 12.2. The molecule has 9 heteroatoms. The second-order valence-electron chi connectivity index (χ2n) is 5.36. The van der Waals surface area contributed by atoms with E-state index in [0.29, 0.717) is 30.2 Å². The number of nitrogens with one attached hydrogen (secondary N) is 1. The quantitative estimate of drug-likeness (QED) is 0.602. The number of methoxy groups -OCH3 is 2. The molecule has 0 saturated heterocycles. The van der Waals surface area contributed by atoms with Gasteiger partial charge in [-0.05, 0) is 31.0 Å². The van der Waals surface area contributed by atoms with Gasteiger partial charge < -0.3 is 14.8 Å². The smallest absolute Gasteiger partial charge is 0.322 e. The SMILES string of the molecule is COc1ccc(CCNC(=O)c2nn(C)c(C)c2[N+](=O)[O-])cc1OC.